The van der Waals surface area contributed by atoms with Crippen molar-refractivity contribution < 1.29 is 4.79 Å². The Morgan fingerprint density at radius 3 is 2.26 bits per heavy atom. The highest BCUT2D eigenvalue weighted by Gasteiger charge is 2.43. The van der Waals surface area contributed by atoms with E-state index in [1.807, 2.05) is 5.01 Å². The van der Waals surface area contributed by atoms with Gasteiger partial charge >= 0.3 is 0 Å². The van der Waals surface area contributed by atoms with E-state index in [0.29, 0.717) is 4.99 Å². The molecule has 0 aromatic heterocycles. The van der Waals surface area contributed by atoms with Crippen LogP contribution in [0, 0.1) is 5.41 Å². The molecular formula is C13H24N4OS. The molecule has 0 spiro atoms. The lowest BCUT2D eigenvalue weighted by molar-refractivity contribution is -0.134. The predicted molar refractivity (Wildman–Crippen MR) is 79.5 cm³/mol. The molecule has 1 aliphatic heterocycles. The summed E-state index contributed by atoms with van der Waals surface area (Å²) in [6, 6.07) is 0. The largest absolute Gasteiger partial charge is 0.392 e. The molecule has 6 heteroatoms. The summed E-state index contributed by atoms with van der Waals surface area (Å²) in [4.78, 5) is 15.2. The molecule has 5 nitrogen and oxygen atoms in total. The molecule has 19 heavy (non-hydrogen) atoms. The molecule has 2 aliphatic rings. The molecule has 2 rings (SSSR count). The minimum absolute atomic E-state index is 0.00394. The number of piperazine rings is 1. The molecule has 1 aliphatic carbocycles. The molecule has 0 unspecified atom stereocenters. The molecule has 1 saturated heterocycles. The standard InChI is InChI=1S/C13H24N4OS/c1-16-7-9-17(10-8-16)15-12(18)13(11(14)19)5-3-2-4-6-13/h2-10H2,1H3,(H2,14,19)(H,15,18). The highest BCUT2D eigenvalue weighted by molar-refractivity contribution is 7.80. The average Bonchev–Trinajstić information content (AvgIpc) is 2.42. The Morgan fingerprint density at radius 1 is 1.16 bits per heavy atom. The third kappa shape index (κ3) is 3.24. The smallest absolute Gasteiger partial charge is 0.247 e. The number of carbonyl (C=O) groups excluding carboxylic acids is 1. The molecule has 1 saturated carbocycles. The minimum atomic E-state index is -0.614. The molecule has 0 aromatic carbocycles. The van der Waals surface area contributed by atoms with Gasteiger partial charge in [-0.25, -0.2) is 5.01 Å². The van der Waals surface area contributed by atoms with E-state index in [9.17, 15) is 4.79 Å². The molecule has 0 aromatic rings. The van der Waals surface area contributed by atoms with E-state index < -0.39 is 5.41 Å². The first kappa shape index (κ1) is 14.7. The van der Waals surface area contributed by atoms with Crippen molar-refractivity contribution >= 4 is 23.1 Å². The second-order valence-corrected chi connectivity index (χ2v) is 6.18. The monoisotopic (exact) mass is 284 g/mol. The Morgan fingerprint density at radius 2 is 1.74 bits per heavy atom. The Kier molecular flexibility index (Phi) is 4.76. The summed E-state index contributed by atoms with van der Waals surface area (Å²) in [6.07, 6.45) is 4.83. The quantitative estimate of drug-likeness (QED) is 0.739. The van der Waals surface area contributed by atoms with Crippen LogP contribution in [0.1, 0.15) is 32.1 Å². The second-order valence-electron chi connectivity index (χ2n) is 5.74. The average molecular weight is 284 g/mol. The van der Waals surface area contributed by atoms with Crippen molar-refractivity contribution in [2.24, 2.45) is 11.1 Å². The van der Waals surface area contributed by atoms with Gasteiger partial charge in [0.05, 0.1) is 4.99 Å². The summed E-state index contributed by atoms with van der Waals surface area (Å²) in [5.41, 5.74) is 8.29. The number of rotatable bonds is 3. The third-order valence-electron chi connectivity index (χ3n) is 4.38. The molecule has 108 valence electrons. The summed E-state index contributed by atoms with van der Waals surface area (Å²) in [5.74, 6) is 0.00394. The van der Waals surface area contributed by atoms with Gasteiger partial charge in [-0.05, 0) is 19.9 Å². The Labute approximate surface area is 120 Å². The van der Waals surface area contributed by atoms with Crippen LogP contribution in [-0.2, 0) is 4.79 Å². The van der Waals surface area contributed by atoms with Gasteiger partial charge in [0.1, 0.15) is 5.41 Å². The fraction of sp³-hybridized carbons (Fsp3) is 0.846. The SMILES string of the molecule is CN1CCN(NC(=O)C2(C(N)=S)CCCCC2)CC1. The maximum atomic E-state index is 12.6. The number of thiocarbonyl (C=S) groups is 1. The zero-order valence-electron chi connectivity index (χ0n) is 11.7. The van der Waals surface area contributed by atoms with E-state index in [2.05, 4.69) is 17.4 Å². The first-order chi connectivity index (χ1) is 9.04. The van der Waals surface area contributed by atoms with Crippen LogP contribution >= 0.6 is 12.2 Å². The van der Waals surface area contributed by atoms with Gasteiger partial charge in [0, 0.05) is 26.2 Å². The maximum absolute atomic E-state index is 12.6. The number of nitrogens with one attached hydrogen (secondary N) is 1. The molecule has 3 N–H and O–H groups in total. The van der Waals surface area contributed by atoms with Gasteiger partial charge in [0.15, 0.2) is 0 Å². The maximum Gasteiger partial charge on any atom is 0.247 e. The number of hydrogen-bond acceptors (Lipinski definition) is 4. The highest BCUT2D eigenvalue weighted by Crippen LogP contribution is 2.37. The summed E-state index contributed by atoms with van der Waals surface area (Å²) < 4.78 is 0. The van der Waals surface area contributed by atoms with Crippen LogP contribution in [-0.4, -0.2) is 54.0 Å². The van der Waals surface area contributed by atoms with Gasteiger partial charge in [-0.1, -0.05) is 31.5 Å². The summed E-state index contributed by atoms with van der Waals surface area (Å²) >= 11 is 5.18. The number of amides is 1. The van der Waals surface area contributed by atoms with Crippen molar-refractivity contribution in [3.63, 3.8) is 0 Å². The van der Waals surface area contributed by atoms with E-state index in [1.165, 1.54) is 6.42 Å². The van der Waals surface area contributed by atoms with Crippen LogP contribution in [0.5, 0.6) is 0 Å². The van der Waals surface area contributed by atoms with E-state index in [1.54, 1.807) is 0 Å². The van der Waals surface area contributed by atoms with Crippen molar-refractivity contribution in [2.75, 3.05) is 33.2 Å². The Hall–Kier alpha value is -0.720. The van der Waals surface area contributed by atoms with Gasteiger partial charge in [0.2, 0.25) is 5.91 Å². The predicted octanol–water partition coefficient (Wildman–Crippen LogP) is 0.502. The summed E-state index contributed by atoms with van der Waals surface area (Å²) in [7, 11) is 2.09. The zero-order chi connectivity index (χ0) is 13.9. The number of nitrogens with zero attached hydrogens (tertiary/aromatic N) is 2. The molecule has 0 atom stereocenters. The van der Waals surface area contributed by atoms with Crippen LogP contribution in [0.2, 0.25) is 0 Å². The van der Waals surface area contributed by atoms with Crippen molar-refractivity contribution in [1.82, 2.24) is 15.3 Å². The molecular weight excluding hydrogens is 260 g/mol. The van der Waals surface area contributed by atoms with E-state index in [-0.39, 0.29) is 5.91 Å². The van der Waals surface area contributed by atoms with Crippen molar-refractivity contribution in [3.05, 3.63) is 0 Å². The van der Waals surface area contributed by atoms with E-state index in [4.69, 9.17) is 18.0 Å². The van der Waals surface area contributed by atoms with Crippen molar-refractivity contribution in [1.29, 1.82) is 0 Å². The topological polar surface area (TPSA) is 61.6 Å². The molecule has 1 heterocycles. The third-order valence-corrected chi connectivity index (χ3v) is 4.77. The molecule has 0 radical (unpaired) electrons. The summed E-state index contributed by atoms with van der Waals surface area (Å²) in [5, 5.41) is 2.00. The lowest BCUT2D eigenvalue weighted by Crippen LogP contribution is -2.58. The van der Waals surface area contributed by atoms with Crippen LogP contribution in [0.3, 0.4) is 0 Å². The van der Waals surface area contributed by atoms with Gasteiger partial charge in [-0.2, -0.15) is 0 Å². The Bertz CT molecular complexity index is 347. The molecule has 0 bridgehead atoms. The summed E-state index contributed by atoms with van der Waals surface area (Å²) in [6.45, 7) is 3.66. The number of nitrogens with two attached hydrogens (primary N) is 1. The molecule has 2 fully saturated rings. The molecule has 1 amide bonds. The first-order valence-corrected chi connectivity index (χ1v) is 7.50. The van der Waals surface area contributed by atoms with Crippen LogP contribution in [0.25, 0.3) is 0 Å². The number of hydrazine groups is 1. The van der Waals surface area contributed by atoms with E-state index >= 15 is 0 Å². The number of hydrogen-bond donors (Lipinski definition) is 2. The zero-order valence-corrected chi connectivity index (χ0v) is 12.5. The van der Waals surface area contributed by atoms with Crippen LogP contribution in [0.15, 0.2) is 0 Å². The minimum Gasteiger partial charge on any atom is -0.392 e. The normalized spacial score (nSPS) is 24.9. The van der Waals surface area contributed by atoms with Gasteiger partial charge in [-0.3, -0.25) is 10.2 Å². The number of carbonyl (C=O) groups is 1. The van der Waals surface area contributed by atoms with Crippen LogP contribution in [0.4, 0.5) is 0 Å². The lowest BCUT2D eigenvalue weighted by atomic mass is 9.73. The highest BCUT2D eigenvalue weighted by atomic mass is 32.1. The lowest BCUT2D eigenvalue weighted by Gasteiger charge is -2.38. The first-order valence-electron chi connectivity index (χ1n) is 7.09. The van der Waals surface area contributed by atoms with Crippen molar-refractivity contribution in [2.45, 2.75) is 32.1 Å². The fourth-order valence-electron chi connectivity index (χ4n) is 2.91. The number of likely N-dealkylation sites (N-methyl/N-ethyl adjacent to an activating group) is 1. The van der Waals surface area contributed by atoms with Gasteiger partial charge in [-0.15, -0.1) is 0 Å². The Balaban J connectivity index is 1.98. The van der Waals surface area contributed by atoms with Gasteiger partial charge in [0.25, 0.3) is 0 Å². The van der Waals surface area contributed by atoms with Gasteiger partial charge < -0.3 is 10.6 Å². The van der Waals surface area contributed by atoms with Crippen LogP contribution < -0.4 is 11.2 Å². The second kappa shape index (κ2) is 6.15. The fourth-order valence-corrected chi connectivity index (χ4v) is 3.21. The van der Waals surface area contributed by atoms with Crippen molar-refractivity contribution in [3.8, 4) is 0 Å². The van der Waals surface area contributed by atoms with E-state index in [0.717, 1.165) is 51.9 Å².